The smallest absolute Gasteiger partial charge is 0.319 e. The van der Waals surface area contributed by atoms with E-state index < -0.39 is 11.9 Å². The highest BCUT2D eigenvalue weighted by molar-refractivity contribution is 5.89. The summed E-state index contributed by atoms with van der Waals surface area (Å²) >= 11 is 0. The number of carbonyl (C=O) groups excluding carboxylic acids is 2. The van der Waals surface area contributed by atoms with Gasteiger partial charge in [-0.2, -0.15) is 0 Å². The van der Waals surface area contributed by atoms with Crippen molar-refractivity contribution in [2.24, 2.45) is 29.1 Å². The van der Waals surface area contributed by atoms with Crippen LogP contribution in [0.25, 0.3) is 0 Å². The van der Waals surface area contributed by atoms with E-state index in [1.165, 1.54) is 18.6 Å². The number of hydrogen-bond acceptors (Lipinski definition) is 3. The summed E-state index contributed by atoms with van der Waals surface area (Å²) in [4.78, 5) is 27.8. The summed E-state index contributed by atoms with van der Waals surface area (Å²) in [6, 6.07) is 5.39. The third kappa shape index (κ3) is 5.09. The van der Waals surface area contributed by atoms with Gasteiger partial charge in [0.05, 0.1) is 6.10 Å². The van der Waals surface area contributed by atoms with E-state index in [1.807, 2.05) is 11.8 Å². The summed E-state index contributed by atoms with van der Waals surface area (Å²) in [7, 11) is 0. The fourth-order valence-electron chi connectivity index (χ4n) is 6.98. The molecule has 3 aliphatic rings. The van der Waals surface area contributed by atoms with Crippen molar-refractivity contribution in [1.29, 1.82) is 0 Å². The van der Waals surface area contributed by atoms with Crippen LogP contribution < -0.4 is 10.6 Å². The highest BCUT2D eigenvalue weighted by atomic mass is 19.1. The second-order valence-electron chi connectivity index (χ2n) is 11.2. The zero-order valence-corrected chi connectivity index (χ0v) is 20.7. The summed E-state index contributed by atoms with van der Waals surface area (Å²) in [5, 5.41) is 17.4. The molecular weight excluding hydrogens is 433 g/mol. The molecule has 188 valence electrons. The number of carbonyl (C=O) groups is 2. The average Bonchev–Trinajstić information content (AvgIpc) is 2.81. The number of aliphatic hydroxyl groups is 1. The van der Waals surface area contributed by atoms with Gasteiger partial charge in [-0.15, -0.1) is 0 Å². The minimum Gasteiger partial charge on any atom is -0.392 e. The van der Waals surface area contributed by atoms with Crippen LogP contribution in [0.15, 0.2) is 24.3 Å². The lowest BCUT2D eigenvalue weighted by Crippen LogP contribution is -2.59. The molecular formula is C27H40FN3O3. The topological polar surface area (TPSA) is 81.7 Å². The molecule has 6 nitrogen and oxygen atoms in total. The van der Waals surface area contributed by atoms with Crippen molar-refractivity contribution in [2.45, 2.75) is 77.9 Å². The van der Waals surface area contributed by atoms with E-state index in [2.05, 4.69) is 24.5 Å². The Labute approximate surface area is 202 Å². The number of nitrogens with one attached hydrogen (secondary N) is 2. The van der Waals surface area contributed by atoms with Crippen LogP contribution in [0.1, 0.15) is 65.7 Å². The Morgan fingerprint density at radius 2 is 1.88 bits per heavy atom. The minimum atomic E-state index is -0.576. The number of piperidine rings is 1. The van der Waals surface area contributed by atoms with Crippen molar-refractivity contribution >= 4 is 17.6 Å². The predicted molar refractivity (Wildman–Crippen MR) is 131 cm³/mol. The van der Waals surface area contributed by atoms with Crippen molar-refractivity contribution < 1.29 is 19.1 Å². The molecule has 34 heavy (non-hydrogen) atoms. The maximum Gasteiger partial charge on any atom is 0.319 e. The lowest BCUT2D eigenvalue weighted by molar-refractivity contribution is -0.150. The molecule has 4 rings (SSSR count). The first-order valence-corrected chi connectivity index (χ1v) is 13.0. The fraction of sp³-hybridized carbons (Fsp3) is 0.704. The molecule has 0 spiro atoms. The summed E-state index contributed by atoms with van der Waals surface area (Å²) < 4.78 is 13.5. The lowest BCUT2D eigenvalue weighted by Gasteiger charge is -2.56. The third-order valence-corrected chi connectivity index (χ3v) is 8.99. The highest BCUT2D eigenvalue weighted by Crippen LogP contribution is 2.55. The Morgan fingerprint density at radius 3 is 2.59 bits per heavy atom. The molecule has 7 unspecified atom stereocenters. The van der Waals surface area contributed by atoms with Gasteiger partial charge in [-0.05, 0) is 86.3 Å². The number of anilines is 1. The lowest BCUT2D eigenvalue weighted by atomic mass is 9.51. The standard InChI is InChI=1S/C27H40FN3O3/c1-17(25(33)31-14-5-4-6-15-31)21-10-12-27(3)13-11-22(18(2)23(27)24(21)32)30-26(34)29-20-9-7-8-19(28)16-20/h7-9,16-18,21-24,32H,4-6,10-15H2,1-3H3,(H2,29,30,34). The van der Waals surface area contributed by atoms with Crippen molar-refractivity contribution in [3.8, 4) is 0 Å². The van der Waals surface area contributed by atoms with Crippen LogP contribution in [-0.4, -0.2) is 47.2 Å². The first kappa shape index (κ1) is 25.0. The van der Waals surface area contributed by atoms with E-state index in [1.54, 1.807) is 12.1 Å². The Morgan fingerprint density at radius 1 is 1.18 bits per heavy atom. The van der Waals surface area contributed by atoms with E-state index in [-0.39, 0.29) is 47.1 Å². The molecule has 1 aliphatic heterocycles. The number of urea groups is 1. The van der Waals surface area contributed by atoms with Crippen molar-refractivity contribution in [3.63, 3.8) is 0 Å². The van der Waals surface area contributed by atoms with Crippen LogP contribution in [-0.2, 0) is 4.79 Å². The number of rotatable bonds is 4. The molecule has 3 N–H and O–H groups in total. The quantitative estimate of drug-likeness (QED) is 0.588. The van der Waals surface area contributed by atoms with E-state index in [0.29, 0.717) is 5.69 Å². The van der Waals surface area contributed by atoms with Gasteiger partial charge in [-0.1, -0.05) is 26.8 Å². The number of hydrogen-bond donors (Lipinski definition) is 3. The van der Waals surface area contributed by atoms with Gasteiger partial charge < -0.3 is 20.6 Å². The Balaban J connectivity index is 1.42. The molecule has 3 fully saturated rings. The average molecular weight is 474 g/mol. The molecule has 3 amide bonds. The van der Waals surface area contributed by atoms with Gasteiger partial charge in [0.2, 0.25) is 5.91 Å². The van der Waals surface area contributed by atoms with Gasteiger partial charge in [-0.25, -0.2) is 9.18 Å². The molecule has 0 aromatic heterocycles. The zero-order chi connectivity index (χ0) is 24.5. The number of fused-ring (bicyclic) bond motifs is 1. The largest absolute Gasteiger partial charge is 0.392 e. The van der Waals surface area contributed by atoms with E-state index in [4.69, 9.17) is 0 Å². The minimum absolute atomic E-state index is 0.000436. The number of nitrogens with zero attached hydrogens (tertiary/aromatic N) is 1. The third-order valence-electron chi connectivity index (χ3n) is 8.99. The van der Waals surface area contributed by atoms with Gasteiger partial charge in [0.15, 0.2) is 0 Å². The number of amides is 3. The first-order chi connectivity index (χ1) is 16.2. The number of benzene rings is 1. The van der Waals surface area contributed by atoms with Crippen LogP contribution in [0.5, 0.6) is 0 Å². The molecule has 1 aromatic rings. The fourth-order valence-corrected chi connectivity index (χ4v) is 6.98. The van der Waals surface area contributed by atoms with Crippen LogP contribution in [0.2, 0.25) is 0 Å². The molecule has 2 saturated carbocycles. The molecule has 1 aromatic carbocycles. The summed E-state index contributed by atoms with van der Waals surface area (Å²) in [6.07, 6.45) is 6.35. The van der Waals surface area contributed by atoms with Crippen LogP contribution >= 0.6 is 0 Å². The van der Waals surface area contributed by atoms with E-state index >= 15 is 0 Å². The van der Waals surface area contributed by atoms with Crippen LogP contribution in [0.3, 0.4) is 0 Å². The summed E-state index contributed by atoms with van der Waals surface area (Å²) in [6.45, 7) is 8.01. The van der Waals surface area contributed by atoms with Gasteiger partial charge >= 0.3 is 6.03 Å². The monoisotopic (exact) mass is 473 g/mol. The van der Waals surface area contributed by atoms with Crippen molar-refractivity contribution in [2.75, 3.05) is 18.4 Å². The first-order valence-electron chi connectivity index (χ1n) is 13.0. The SMILES string of the molecule is CC(C(=O)N1CCCCC1)C1CCC2(C)CCC(NC(=O)Nc3cccc(F)c3)C(C)C2C1O. The van der Waals surface area contributed by atoms with Gasteiger partial charge in [0, 0.05) is 30.7 Å². The second kappa shape index (κ2) is 10.2. The number of halogens is 1. The Hall–Kier alpha value is -2.15. The Kier molecular flexibility index (Phi) is 7.51. The molecule has 1 saturated heterocycles. The van der Waals surface area contributed by atoms with Crippen LogP contribution in [0, 0.1) is 34.9 Å². The zero-order valence-electron chi connectivity index (χ0n) is 20.7. The van der Waals surface area contributed by atoms with Crippen molar-refractivity contribution in [1.82, 2.24) is 10.2 Å². The molecule has 0 bridgehead atoms. The number of aliphatic hydroxyl groups excluding tert-OH is 1. The van der Waals surface area contributed by atoms with Gasteiger partial charge in [0.25, 0.3) is 0 Å². The molecule has 7 heteroatoms. The summed E-state index contributed by atoms with van der Waals surface area (Å²) in [5.74, 6) is -0.406. The normalized spacial score (nSPS) is 34.6. The van der Waals surface area contributed by atoms with Crippen LogP contribution in [0.4, 0.5) is 14.9 Å². The van der Waals surface area contributed by atoms with Crippen molar-refractivity contribution in [3.05, 3.63) is 30.1 Å². The maximum absolute atomic E-state index is 13.5. The molecule has 0 radical (unpaired) electrons. The molecule has 2 aliphatic carbocycles. The van der Waals surface area contributed by atoms with E-state index in [0.717, 1.165) is 51.6 Å². The highest BCUT2D eigenvalue weighted by Gasteiger charge is 2.54. The molecule has 1 heterocycles. The predicted octanol–water partition coefficient (Wildman–Crippen LogP) is 4.79. The summed E-state index contributed by atoms with van der Waals surface area (Å²) in [5.41, 5.74) is 0.411. The second-order valence-corrected chi connectivity index (χ2v) is 11.2. The van der Waals surface area contributed by atoms with Gasteiger partial charge in [0.1, 0.15) is 5.82 Å². The number of likely N-dealkylation sites (tertiary alicyclic amines) is 1. The Bertz CT molecular complexity index is 890. The maximum atomic E-state index is 13.5. The van der Waals surface area contributed by atoms with Gasteiger partial charge in [-0.3, -0.25) is 4.79 Å². The van der Waals surface area contributed by atoms with E-state index in [9.17, 15) is 19.1 Å². The molecule has 7 atom stereocenters.